The van der Waals surface area contributed by atoms with Gasteiger partial charge in [-0.3, -0.25) is 14.3 Å². The van der Waals surface area contributed by atoms with Crippen molar-refractivity contribution in [2.75, 3.05) is 0 Å². The Balaban J connectivity index is 3.38. The Morgan fingerprint density at radius 3 is 2.57 bits per heavy atom. The molecule has 1 heterocycles. The summed E-state index contributed by atoms with van der Waals surface area (Å²) in [5, 5.41) is -0.542. The van der Waals surface area contributed by atoms with Crippen LogP contribution in [-0.2, 0) is 6.54 Å². The zero-order valence-electron chi connectivity index (χ0n) is 7.80. The summed E-state index contributed by atoms with van der Waals surface area (Å²) in [7, 11) is 0. The van der Waals surface area contributed by atoms with Crippen molar-refractivity contribution in [3.63, 3.8) is 0 Å². The van der Waals surface area contributed by atoms with Gasteiger partial charge in [-0.15, -0.1) is 0 Å². The van der Waals surface area contributed by atoms with Gasteiger partial charge in [0.15, 0.2) is 5.15 Å². The van der Waals surface area contributed by atoms with Crippen LogP contribution >= 0.6 is 11.6 Å². The van der Waals surface area contributed by atoms with Crippen LogP contribution in [0.3, 0.4) is 0 Å². The SMILES string of the molecule is CC(C)Cn1c(=O)[nH]c(Cl)c(F)c1=O. The van der Waals surface area contributed by atoms with Crippen LogP contribution in [-0.4, -0.2) is 9.55 Å². The summed E-state index contributed by atoms with van der Waals surface area (Å²) in [4.78, 5) is 24.5. The molecule has 1 aromatic heterocycles. The Hall–Kier alpha value is -1.10. The maximum atomic E-state index is 13.0. The highest BCUT2D eigenvalue weighted by Crippen LogP contribution is 2.03. The van der Waals surface area contributed by atoms with Gasteiger partial charge in [-0.05, 0) is 5.92 Å². The van der Waals surface area contributed by atoms with Crippen molar-refractivity contribution < 1.29 is 4.39 Å². The van der Waals surface area contributed by atoms with Gasteiger partial charge in [0, 0.05) is 6.54 Å². The molecule has 0 saturated carbocycles. The molecule has 0 spiro atoms. The van der Waals surface area contributed by atoms with Crippen LogP contribution in [0, 0.1) is 11.7 Å². The lowest BCUT2D eigenvalue weighted by atomic mass is 10.2. The van der Waals surface area contributed by atoms with Gasteiger partial charge in [0.25, 0.3) is 5.56 Å². The smallest absolute Gasteiger partial charge is 0.295 e. The third-order valence-corrected chi connectivity index (χ3v) is 1.90. The fourth-order valence-corrected chi connectivity index (χ4v) is 1.21. The van der Waals surface area contributed by atoms with E-state index in [9.17, 15) is 14.0 Å². The van der Waals surface area contributed by atoms with Gasteiger partial charge < -0.3 is 0 Å². The largest absolute Gasteiger partial charge is 0.329 e. The lowest BCUT2D eigenvalue weighted by molar-refractivity contribution is 0.467. The zero-order chi connectivity index (χ0) is 10.9. The number of aromatic nitrogens is 2. The molecule has 0 bridgehead atoms. The maximum Gasteiger partial charge on any atom is 0.329 e. The van der Waals surface area contributed by atoms with Crippen LogP contribution in [0.25, 0.3) is 0 Å². The Labute approximate surface area is 84.3 Å². The summed E-state index contributed by atoms with van der Waals surface area (Å²) in [5.41, 5.74) is -1.66. The molecule has 0 unspecified atom stereocenters. The van der Waals surface area contributed by atoms with Gasteiger partial charge in [-0.25, -0.2) is 4.79 Å². The summed E-state index contributed by atoms with van der Waals surface area (Å²) < 4.78 is 13.8. The van der Waals surface area contributed by atoms with Gasteiger partial charge in [0.2, 0.25) is 5.82 Å². The second-order valence-electron chi connectivity index (χ2n) is 3.37. The topological polar surface area (TPSA) is 54.9 Å². The number of nitrogens with zero attached hydrogens (tertiary/aromatic N) is 1. The quantitative estimate of drug-likeness (QED) is 0.756. The lowest BCUT2D eigenvalue weighted by Gasteiger charge is -2.07. The predicted molar refractivity (Wildman–Crippen MR) is 51.1 cm³/mol. The molecule has 0 atom stereocenters. The fraction of sp³-hybridized carbons (Fsp3) is 0.500. The first-order valence-electron chi connectivity index (χ1n) is 4.11. The second-order valence-corrected chi connectivity index (χ2v) is 3.75. The number of aromatic amines is 1. The van der Waals surface area contributed by atoms with Crippen LogP contribution in [0.2, 0.25) is 5.15 Å². The molecule has 0 radical (unpaired) electrons. The van der Waals surface area contributed by atoms with Crippen molar-refractivity contribution in [3.8, 4) is 0 Å². The van der Waals surface area contributed by atoms with E-state index in [1.54, 1.807) is 0 Å². The Bertz CT molecular complexity index is 450. The van der Waals surface area contributed by atoms with Crippen molar-refractivity contribution in [1.29, 1.82) is 0 Å². The molecule has 14 heavy (non-hydrogen) atoms. The van der Waals surface area contributed by atoms with Crippen molar-refractivity contribution in [3.05, 3.63) is 31.8 Å². The van der Waals surface area contributed by atoms with E-state index in [-0.39, 0.29) is 12.5 Å². The van der Waals surface area contributed by atoms with E-state index in [4.69, 9.17) is 11.6 Å². The van der Waals surface area contributed by atoms with Crippen LogP contribution in [0.5, 0.6) is 0 Å². The summed E-state index contributed by atoms with van der Waals surface area (Å²) >= 11 is 5.28. The van der Waals surface area contributed by atoms with Gasteiger partial charge in [-0.1, -0.05) is 25.4 Å². The van der Waals surface area contributed by atoms with Crippen molar-refractivity contribution in [2.24, 2.45) is 5.92 Å². The highest BCUT2D eigenvalue weighted by atomic mass is 35.5. The summed E-state index contributed by atoms with van der Waals surface area (Å²) in [5.74, 6) is -1.04. The minimum absolute atomic E-state index is 0.0781. The van der Waals surface area contributed by atoms with E-state index in [0.29, 0.717) is 0 Å². The first kappa shape index (κ1) is 11.0. The average Bonchev–Trinajstić information content (AvgIpc) is 2.09. The van der Waals surface area contributed by atoms with Gasteiger partial charge in [-0.2, -0.15) is 4.39 Å². The second kappa shape index (κ2) is 3.96. The molecular weight excluding hydrogens is 211 g/mol. The molecule has 0 aromatic carbocycles. The number of hydrogen-bond acceptors (Lipinski definition) is 2. The van der Waals surface area contributed by atoms with Crippen molar-refractivity contribution >= 4 is 11.6 Å². The molecule has 1 aromatic rings. The summed E-state index contributed by atoms with van der Waals surface area (Å²) in [6.45, 7) is 3.80. The van der Waals surface area contributed by atoms with E-state index in [1.165, 1.54) is 0 Å². The number of halogens is 2. The normalized spacial score (nSPS) is 10.9. The first-order chi connectivity index (χ1) is 6.43. The first-order valence-corrected chi connectivity index (χ1v) is 4.49. The summed E-state index contributed by atoms with van der Waals surface area (Å²) in [6.07, 6.45) is 0. The molecule has 0 aliphatic carbocycles. The number of nitrogens with one attached hydrogen (secondary N) is 1. The minimum atomic E-state index is -1.12. The van der Waals surface area contributed by atoms with Gasteiger partial charge >= 0.3 is 5.69 Å². The molecule has 0 saturated heterocycles. The van der Waals surface area contributed by atoms with Crippen molar-refractivity contribution in [2.45, 2.75) is 20.4 Å². The molecule has 0 aliphatic rings. The van der Waals surface area contributed by atoms with Crippen LogP contribution in [0.1, 0.15) is 13.8 Å². The summed E-state index contributed by atoms with van der Waals surface area (Å²) in [6, 6.07) is 0. The molecule has 4 nitrogen and oxygen atoms in total. The Morgan fingerprint density at radius 2 is 2.07 bits per heavy atom. The van der Waals surface area contributed by atoms with Crippen molar-refractivity contribution in [1.82, 2.24) is 9.55 Å². The van der Waals surface area contributed by atoms with Crippen LogP contribution < -0.4 is 11.2 Å². The molecular formula is C8H10ClFN2O2. The molecule has 78 valence electrons. The van der Waals surface area contributed by atoms with E-state index in [2.05, 4.69) is 4.98 Å². The van der Waals surface area contributed by atoms with Crippen LogP contribution in [0.4, 0.5) is 4.39 Å². The van der Waals surface area contributed by atoms with E-state index >= 15 is 0 Å². The molecule has 6 heteroatoms. The number of rotatable bonds is 2. The Morgan fingerprint density at radius 1 is 1.50 bits per heavy atom. The molecule has 1 N–H and O–H groups in total. The molecule has 0 amide bonds. The third-order valence-electron chi connectivity index (χ3n) is 1.64. The highest BCUT2D eigenvalue weighted by Gasteiger charge is 2.12. The third kappa shape index (κ3) is 2.04. The van der Waals surface area contributed by atoms with E-state index in [1.807, 2.05) is 13.8 Å². The van der Waals surface area contributed by atoms with Gasteiger partial charge in [0.1, 0.15) is 0 Å². The number of hydrogen-bond donors (Lipinski definition) is 1. The minimum Gasteiger partial charge on any atom is -0.295 e. The predicted octanol–water partition coefficient (Wildman–Crippen LogP) is 0.985. The molecule has 0 fully saturated rings. The maximum absolute atomic E-state index is 13.0. The average molecular weight is 221 g/mol. The fourth-order valence-electron chi connectivity index (χ4n) is 1.05. The Kier molecular flexibility index (Phi) is 3.10. The standard InChI is InChI=1S/C8H10ClFN2O2/c1-4(2)3-12-7(13)5(10)6(9)11-8(12)14/h4H,3H2,1-2H3,(H,11,14). The van der Waals surface area contributed by atoms with Crippen LogP contribution in [0.15, 0.2) is 9.59 Å². The van der Waals surface area contributed by atoms with Gasteiger partial charge in [0.05, 0.1) is 0 Å². The highest BCUT2D eigenvalue weighted by molar-refractivity contribution is 6.29. The number of H-pyrrole nitrogens is 1. The zero-order valence-corrected chi connectivity index (χ0v) is 8.56. The van der Waals surface area contributed by atoms with E-state index < -0.39 is 22.2 Å². The molecule has 1 rings (SSSR count). The van der Waals surface area contributed by atoms with E-state index in [0.717, 1.165) is 4.57 Å². The monoisotopic (exact) mass is 220 g/mol. The lowest BCUT2D eigenvalue weighted by Crippen LogP contribution is -2.38. The molecule has 0 aliphatic heterocycles.